The number of carboxylic acid groups (broad SMARTS) is 1. The minimum Gasteiger partial charge on any atom is -0.508 e. The maximum atomic E-state index is 15.0. The number of unbranched alkanes of at least 4 members (excludes halogenated alkanes) is 11. The molecule has 0 saturated heterocycles. The number of aliphatic hydroxyl groups excluding tert-OH is 2. The third-order valence-corrected chi connectivity index (χ3v) is 23.4. The summed E-state index contributed by atoms with van der Waals surface area (Å²) in [6, 6.07) is -3.77. The summed E-state index contributed by atoms with van der Waals surface area (Å²) in [5, 5.41) is 61.7. The average Bonchev–Trinajstić information content (AvgIpc) is 1.00. The van der Waals surface area contributed by atoms with Crippen LogP contribution in [0.5, 0.6) is 5.75 Å². The Bertz CT molecular complexity index is 3840. The molecule has 1 aromatic carbocycles. The van der Waals surface area contributed by atoms with Crippen molar-refractivity contribution < 1.29 is 92.3 Å². The quantitative estimate of drug-likeness (QED) is 0.0256. The molecule has 130 heavy (non-hydrogen) atoms. The number of nitrogens with one attached hydrogen (secondary N) is 8. The van der Waals surface area contributed by atoms with Crippen LogP contribution in [0, 0.1) is 47.3 Å². The van der Waals surface area contributed by atoms with Crippen molar-refractivity contribution in [2.45, 2.75) is 315 Å². The van der Waals surface area contributed by atoms with Crippen LogP contribution < -0.4 is 83.1 Å². The van der Waals surface area contributed by atoms with E-state index in [9.17, 15) is 92.3 Å². The first kappa shape index (κ1) is 116. The first-order valence-electron chi connectivity index (χ1n) is 46.3. The van der Waals surface area contributed by atoms with Gasteiger partial charge >= 0.3 is 5.97 Å². The average molecular weight is 1850 g/mol. The van der Waals surface area contributed by atoms with Gasteiger partial charge in [0.2, 0.25) is 47.3 Å². The number of hydrogen-bond donors (Lipinski definition) is 20. The summed E-state index contributed by atoms with van der Waals surface area (Å²) in [5.74, 6) is -20.7. The van der Waals surface area contributed by atoms with Gasteiger partial charge in [-0.15, -0.1) is 0 Å². The molecule has 0 aliphatic rings. The van der Waals surface area contributed by atoms with Crippen LogP contribution >= 0.6 is 11.8 Å². The number of thioether (sulfide) groups is 1. The van der Waals surface area contributed by atoms with Gasteiger partial charge in [0.15, 0.2) is 46.6 Å². The van der Waals surface area contributed by atoms with E-state index in [0.29, 0.717) is 62.9 Å². The molecule has 0 aliphatic carbocycles. The number of Topliss-reactive ketones (excluding diaryl/α,β-unsaturated/α-hetero) is 6. The van der Waals surface area contributed by atoms with E-state index in [4.69, 9.17) is 45.9 Å². The molecule has 734 valence electrons. The van der Waals surface area contributed by atoms with E-state index < -0.39 is 205 Å². The maximum absolute atomic E-state index is 15.0. The molecule has 0 radical (unpaired) electrons. The number of guanidine groups is 2. The summed E-state index contributed by atoms with van der Waals surface area (Å²) in [7, 11) is 0. The predicted octanol–water partition coefficient (Wildman–Crippen LogP) is 3.34. The second-order valence-corrected chi connectivity index (χ2v) is 36.0. The van der Waals surface area contributed by atoms with Gasteiger partial charge in [0.05, 0.1) is 79.5 Å². The molecule has 1 heterocycles. The largest absolute Gasteiger partial charge is 0.508 e. The molecule has 8 amide bonds. The van der Waals surface area contributed by atoms with E-state index >= 15 is 0 Å². The molecule has 0 spiro atoms. The molecule has 28 N–H and O–H groups in total. The number of aromatic hydroxyl groups is 1. The zero-order valence-electron chi connectivity index (χ0n) is 77.7. The Labute approximate surface area is 770 Å². The normalized spacial score (nSPS) is 14.6. The second kappa shape index (κ2) is 66.5. The molecule has 1 aromatic heterocycles. The van der Waals surface area contributed by atoms with Crippen LogP contribution in [0.15, 0.2) is 46.8 Å². The minimum absolute atomic E-state index is 0.00373. The number of primary amides is 1. The predicted molar refractivity (Wildman–Crippen MR) is 499 cm³/mol. The van der Waals surface area contributed by atoms with E-state index in [2.05, 4.69) is 64.1 Å². The highest BCUT2D eigenvalue weighted by atomic mass is 32.2. The van der Waals surface area contributed by atoms with Gasteiger partial charge in [-0.3, -0.25) is 81.9 Å². The van der Waals surface area contributed by atoms with Crippen LogP contribution in [-0.2, 0) is 84.8 Å². The number of carbonyl (C=O) groups excluding carboxylic acids is 14. The highest BCUT2D eigenvalue weighted by molar-refractivity contribution is 7.98. The SMILES string of the molecule is CCCCCCCCCCCC(=O)N[C@@H](CCCCN)C(=O)N[C@@H](CCCCN)C(=O)C[C@@H](CC(C)C)C(=O)N[C@@H](CCCN=C(N)N)C(=O)C[C@@H](CO)C(=O)N[C@@H](CCSC)C(=O)C[C@H](C(=O)N[C@@H](CC(=O)O)C(=O)C[C@@H](CCCCN)C(=O)N[C@@H](Cc1ccc(O)cc1)C(=O)C[C@@H](CCCN=C(N)N)C(=O)N[C@@H](CC(C)C)C(=O)C[C@@H](Cc1cnc[nH]1)C(N)=O)[C@@H](C)O. The fraction of sp³-hybridized carbons (Fsp3) is 0.714. The maximum Gasteiger partial charge on any atom is 0.305 e. The Morgan fingerprint density at radius 3 is 1.36 bits per heavy atom. The lowest BCUT2D eigenvalue weighted by Gasteiger charge is -2.27. The van der Waals surface area contributed by atoms with Gasteiger partial charge in [0.25, 0.3) is 0 Å². The first-order valence-corrected chi connectivity index (χ1v) is 47.7. The number of benzene rings is 1. The minimum atomic E-state index is -1.92. The Hall–Kier alpha value is -9.83. The lowest BCUT2D eigenvalue weighted by atomic mass is 9.87. The number of phenolic OH excluding ortho intramolecular Hbond substituents is 1. The summed E-state index contributed by atoms with van der Waals surface area (Å²) in [5.41, 5.74) is 46.8. The van der Waals surface area contributed by atoms with Crippen LogP contribution in [0.4, 0.5) is 0 Å². The number of rotatable bonds is 77. The number of imidazole rings is 1. The molecule has 0 aliphatic heterocycles. The van der Waals surface area contributed by atoms with Crippen LogP contribution in [0.3, 0.4) is 0 Å². The Morgan fingerprint density at radius 1 is 0.438 bits per heavy atom. The van der Waals surface area contributed by atoms with Gasteiger partial charge in [-0.25, -0.2) is 4.98 Å². The van der Waals surface area contributed by atoms with Crippen molar-refractivity contribution in [1.82, 2.24) is 47.2 Å². The summed E-state index contributed by atoms with van der Waals surface area (Å²) < 4.78 is 0. The van der Waals surface area contributed by atoms with Crippen molar-refractivity contribution >= 4 is 112 Å². The topological polar surface area (TPSA) is 683 Å². The van der Waals surface area contributed by atoms with Crippen LogP contribution in [-0.4, -0.2) is 230 Å². The molecule has 14 atom stereocenters. The lowest BCUT2D eigenvalue weighted by molar-refractivity contribution is -0.142. The number of aliphatic imine (C=N–C) groups is 2. The molecule has 39 heteroatoms. The van der Waals surface area contributed by atoms with E-state index in [0.717, 1.165) is 32.6 Å². The van der Waals surface area contributed by atoms with E-state index in [1.54, 1.807) is 6.26 Å². The number of nitrogens with zero attached hydrogens (tertiary/aromatic N) is 3. The third kappa shape index (κ3) is 49.4. The summed E-state index contributed by atoms with van der Waals surface area (Å²) in [6.07, 6.45) is 11.0. The summed E-state index contributed by atoms with van der Waals surface area (Å²) >= 11 is 1.27. The number of amides is 8. The van der Waals surface area contributed by atoms with Gasteiger partial charge in [-0.1, -0.05) is 105 Å². The zero-order chi connectivity index (χ0) is 97.2. The van der Waals surface area contributed by atoms with Crippen LogP contribution in [0.25, 0.3) is 0 Å². The van der Waals surface area contributed by atoms with Crippen molar-refractivity contribution in [1.29, 1.82) is 0 Å². The van der Waals surface area contributed by atoms with Crippen molar-refractivity contribution in [2.24, 2.45) is 103 Å². The third-order valence-electron chi connectivity index (χ3n) is 22.8. The first-order chi connectivity index (χ1) is 61.8. The summed E-state index contributed by atoms with van der Waals surface area (Å²) in [6.45, 7) is 10.5. The fourth-order valence-corrected chi connectivity index (χ4v) is 15.8. The number of H-pyrrole nitrogens is 1. The highest BCUT2D eigenvalue weighted by Gasteiger charge is 2.40. The molecule has 2 rings (SSSR count). The highest BCUT2D eigenvalue weighted by Crippen LogP contribution is 2.27. The van der Waals surface area contributed by atoms with Crippen molar-refractivity contribution in [3.63, 3.8) is 0 Å². The number of carbonyl (C=O) groups is 15. The Kier molecular flexibility index (Phi) is 59.5. The van der Waals surface area contributed by atoms with Crippen LogP contribution in [0.2, 0.25) is 0 Å². The number of phenols is 1. The molecule has 0 fully saturated rings. The van der Waals surface area contributed by atoms with Gasteiger partial charge in [-0.05, 0) is 177 Å². The van der Waals surface area contributed by atoms with Crippen molar-refractivity contribution in [2.75, 3.05) is 51.3 Å². The molecular weight excluding hydrogens is 1700 g/mol. The zero-order valence-corrected chi connectivity index (χ0v) is 78.5. The van der Waals surface area contributed by atoms with Gasteiger partial charge in [0, 0.05) is 94.1 Å². The molecule has 0 bridgehead atoms. The number of carboxylic acids is 1. The molecule has 0 saturated carbocycles. The number of aliphatic carboxylic acids is 1. The number of aliphatic hydroxyl groups is 2. The van der Waals surface area contributed by atoms with Gasteiger partial charge in [0.1, 0.15) is 11.8 Å². The number of ketones is 6. The number of aromatic nitrogens is 2. The van der Waals surface area contributed by atoms with Gasteiger partial charge in [-0.2, -0.15) is 11.8 Å². The molecule has 2 aromatic rings. The summed E-state index contributed by atoms with van der Waals surface area (Å²) in [4.78, 5) is 229. The van der Waals surface area contributed by atoms with E-state index in [1.165, 1.54) is 74.2 Å². The molecule has 38 nitrogen and oxygen atoms in total. The molecule has 0 unspecified atom stereocenters. The standard InChI is InChI=1S/C91H155N19O19S/c1-8-9-10-11-12-13-14-15-16-30-81(120)104-71(28-19-22-38-94)89(129)107-68(27-18-21-37-93)75(114)49-63(42-56(2)3)86(126)105-69(29-24-40-102-91(98)99)76(115)50-64(54-111)87(127)106-70(35-41-130-7)80(119)51-67(58(6)112)88(128)110-74(52-82(121)122)78(117)46-60(25-17-20-36-92)84(124)109-73(44-59-31-33-66(113)34-32-59)77(116)47-61(26-23-39-101-90(96)97)85(125)108-72(43-57(4)5)79(118)48-62(83(95)123)45-65-53-100-55-103-65/h31-34,53,55-58,60-64,67-74,111-113H,8-30,35-52,54,92-94H2,1-7H3,(H2,95,123)(H,100,103)(H,104,120)(H,105,126)(H,106,127)(H,107,129)(H,108,125)(H,109,124)(H,110,128)(H,121,122)(H4,96,97,101)(H4,98,99,102)/t58-,60-,61-,62-,63-,64+,67+,68+,69+,70+,71+,72+,73+,74+/m1/s1. The molecular formula is C91H155N19O19S. The smallest absolute Gasteiger partial charge is 0.305 e. The van der Waals surface area contributed by atoms with Crippen LogP contribution in [0.1, 0.15) is 265 Å². The Morgan fingerprint density at radius 2 is 0.862 bits per heavy atom. The number of hydrogen-bond acceptors (Lipinski definition) is 25. The monoisotopic (exact) mass is 1850 g/mol. The van der Waals surface area contributed by atoms with E-state index in [-0.39, 0.29) is 164 Å². The van der Waals surface area contributed by atoms with Crippen molar-refractivity contribution in [3.8, 4) is 5.75 Å². The number of aromatic amines is 1. The van der Waals surface area contributed by atoms with E-state index in [1.807, 2.05) is 27.7 Å². The van der Waals surface area contributed by atoms with Crippen molar-refractivity contribution in [3.05, 3.63) is 48.0 Å². The Balaban J connectivity index is 2.55. The van der Waals surface area contributed by atoms with Gasteiger partial charge < -0.3 is 108 Å². The number of nitrogens with two attached hydrogens (primary N) is 8. The fourth-order valence-electron chi connectivity index (χ4n) is 15.3. The second-order valence-electron chi connectivity index (χ2n) is 35.0. The lowest BCUT2D eigenvalue weighted by Crippen LogP contribution is -2.52.